The van der Waals surface area contributed by atoms with Crippen LogP contribution in [-0.2, 0) is 0 Å². The first kappa shape index (κ1) is 11.0. The molecule has 1 fully saturated rings. The summed E-state index contributed by atoms with van der Waals surface area (Å²) in [5, 5.41) is 0. The minimum atomic E-state index is -0.0752. The summed E-state index contributed by atoms with van der Waals surface area (Å²) in [4.78, 5) is 24.9. The molecular formula is C13H14N4O. The predicted molar refractivity (Wildman–Crippen MR) is 68.8 cm³/mol. The third-order valence-corrected chi connectivity index (χ3v) is 3.15. The molecule has 0 spiro atoms. The summed E-state index contributed by atoms with van der Waals surface area (Å²) in [6, 6.07) is 7.47. The maximum Gasteiger partial charge on any atom is 0.251 e. The first-order valence-electron chi connectivity index (χ1n) is 5.96. The van der Waals surface area contributed by atoms with E-state index in [1.807, 2.05) is 18.2 Å². The zero-order valence-electron chi connectivity index (χ0n) is 10.1. The molecule has 1 saturated heterocycles. The highest BCUT2D eigenvalue weighted by Crippen LogP contribution is 2.28. The van der Waals surface area contributed by atoms with Crippen LogP contribution in [0.4, 0.5) is 5.82 Å². The third-order valence-electron chi connectivity index (χ3n) is 3.15. The Morgan fingerprint density at radius 1 is 1.39 bits per heavy atom. The van der Waals surface area contributed by atoms with Crippen LogP contribution in [0.1, 0.15) is 17.4 Å². The number of hydrogen-bond donors (Lipinski definition) is 1. The van der Waals surface area contributed by atoms with E-state index in [9.17, 15) is 4.79 Å². The normalized spacial score (nSPS) is 15.5. The van der Waals surface area contributed by atoms with Gasteiger partial charge in [0.05, 0.1) is 5.69 Å². The Hall–Kier alpha value is -2.17. The first-order valence-corrected chi connectivity index (χ1v) is 5.96. The van der Waals surface area contributed by atoms with Crippen molar-refractivity contribution in [2.45, 2.75) is 12.8 Å². The molecule has 0 aromatic carbocycles. The fourth-order valence-electron chi connectivity index (χ4n) is 2.21. The average Bonchev–Trinajstić information content (AvgIpc) is 2.27. The van der Waals surface area contributed by atoms with Crippen LogP contribution in [0.15, 0.2) is 35.3 Å². The van der Waals surface area contributed by atoms with Gasteiger partial charge in [0.15, 0.2) is 0 Å². The topological polar surface area (TPSA) is 61.9 Å². The van der Waals surface area contributed by atoms with Crippen LogP contribution in [0, 0.1) is 6.92 Å². The monoisotopic (exact) mass is 242 g/mol. The zero-order valence-corrected chi connectivity index (χ0v) is 10.1. The van der Waals surface area contributed by atoms with Gasteiger partial charge < -0.3 is 9.88 Å². The first-order chi connectivity index (χ1) is 8.72. The highest BCUT2D eigenvalue weighted by Gasteiger charge is 2.30. The van der Waals surface area contributed by atoms with Crippen LogP contribution in [0.25, 0.3) is 0 Å². The van der Waals surface area contributed by atoms with E-state index in [0.29, 0.717) is 11.7 Å². The van der Waals surface area contributed by atoms with E-state index in [4.69, 9.17) is 0 Å². The molecule has 1 N–H and O–H groups in total. The summed E-state index contributed by atoms with van der Waals surface area (Å²) >= 11 is 0. The smallest absolute Gasteiger partial charge is 0.251 e. The number of hydrogen-bond acceptors (Lipinski definition) is 4. The second-order valence-corrected chi connectivity index (χ2v) is 4.55. The molecule has 5 heteroatoms. The van der Waals surface area contributed by atoms with E-state index < -0.39 is 0 Å². The van der Waals surface area contributed by atoms with Gasteiger partial charge in [0.2, 0.25) is 0 Å². The lowest BCUT2D eigenvalue weighted by molar-refractivity contribution is 0.506. The number of nitrogens with one attached hydrogen (secondary N) is 1. The molecule has 0 aliphatic carbocycles. The van der Waals surface area contributed by atoms with Crippen LogP contribution < -0.4 is 10.5 Å². The number of aromatic nitrogens is 3. The molecule has 18 heavy (non-hydrogen) atoms. The third kappa shape index (κ3) is 1.99. The molecular weight excluding hydrogens is 228 g/mol. The van der Waals surface area contributed by atoms with Crippen molar-refractivity contribution >= 4 is 5.82 Å². The van der Waals surface area contributed by atoms with Gasteiger partial charge >= 0.3 is 0 Å². The number of anilines is 1. The van der Waals surface area contributed by atoms with Crippen LogP contribution in [0.3, 0.4) is 0 Å². The van der Waals surface area contributed by atoms with Crippen molar-refractivity contribution in [3.05, 3.63) is 52.3 Å². The van der Waals surface area contributed by atoms with Crippen molar-refractivity contribution in [1.29, 1.82) is 0 Å². The van der Waals surface area contributed by atoms with Gasteiger partial charge in [-0.15, -0.1) is 0 Å². The van der Waals surface area contributed by atoms with E-state index in [-0.39, 0.29) is 5.56 Å². The number of H-pyrrole nitrogens is 1. The molecule has 3 heterocycles. The van der Waals surface area contributed by atoms with Gasteiger partial charge in [-0.05, 0) is 19.1 Å². The van der Waals surface area contributed by atoms with E-state index in [2.05, 4.69) is 19.9 Å². The zero-order chi connectivity index (χ0) is 12.5. The lowest BCUT2D eigenvalue weighted by Gasteiger charge is -2.39. The van der Waals surface area contributed by atoms with Gasteiger partial charge in [-0.25, -0.2) is 9.97 Å². The minimum absolute atomic E-state index is 0.0752. The highest BCUT2D eigenvalue weighted by molar-refractivity contribution is 5.43. The summed E-state index contributed by atoms with van der Waals surface area (Å²) in [7, 11) is 0. The highest BCUT2D eigenvalue weighted by atomic mass is 16.1. The molecule has 1 aliphatic rings. The molecule has 0 amide bonds. The fraction of sp³-hybridized carbons (Fsp3) is 0.308. The quantitative estimate of drug-likeness (QED) is 0.856. The van der Waals surface area contributed by atoms with Gasteiger partial charge in [-0.1, -0.05) is 6.07 Å². The largest absolute Gasteiger partial charge is 0.355 e. The van der Waals surface area contributed by atoms with Crippen LogP contribution in [0.5, 0.6) is 0 Å². The van der Waals surface area contributed by atoms with Crippen molar-refractivity contribution in [3.63, 3.8) is 0 Å². The summed E-state index contributed by atoms with van der Waals surface area (Å²) < 4.78 is 0. The maximum atomic E-state index is 11.4. The van der Waals surface area contributed by atoms with Gasteiger partial charge in [0.25, 0.3) is 5.56 Å². The summed E-state index contributed by atoms with van der Waals surface area (Å²) in [5.41, 5.74) is 0.803. The number of aromatic amines is 1. The van der Waals surface area contributed by atoms with Gasteiger partial charge in [-0.3, -0.25) is 4.79 Å². The number of nitrogens with zero attached hydrogens (tertiary/aromatic N) is 3. The number of aryl methyl sites for hydroxylation is 1. The molecule has 0 saturated carbocycles. The fourth-order valence-corrected chi connectivity index (χ4v) is 2.21. The molecule has 92 valence electrons. The molecule has 0 radical (unpaired) electrons. The summed E-state index contributed by atoms with van der Waals surface area (Å²) in [5.74, 6) is 1.98. The molecule has 2 aromatic heterocycles. The SMILES string of the molecule is Cc1nc(C2CN(c3ccccn3)C2)cc(=O)[nH]1. The Labute approximate surface area is 105 Å². The number of rotatable bonds is 2. The van der Waals surface area contributed by atoms with Gasteiger partial charge in [-0.2, -0.15) is 0 Å². The Balaban J connectivity index is 1.74. The lowest BCUT2D eigenvalue weighted by atomic mass is 9.96. The standard InChI is InChI=1S/C13H14N4O/c1-9-15-11(6-13(18)16-9)10-7-17(8-10)12-4-2-3-5-14-12/h2-6,10H,7-8H2,1H3,(H,15,16,18). The van der Waals surface area contributed by atoms with Crippen molar-refractivity contribution < 1.29 is 0 Å². The van der Waals surface area contributed by atoms with E-state index in [0.717, 1.165) is 24.6 Å². The molecule has 3 rings (SSSR count). The average molecular weight is 242 g/mol. The summed E-state index contributed by atoms with van der Waals surface area (Å²) in [6.07, 6.45) is 1.79. The van der Waals surface area contributed by atoms with Crippen LogP contribution >= 0.6 is 0 Å². The molecule has 0 unspecified atom stereocenters. The van der Waals surface area contributed by atoms with Crippen LogP contribution in [0.2, 0.25) is 0 Å². The second-order valence-electron chi connectivity index (χ2n) is 4.55. The predicted octanol–water partition coefficient (Wildman–Crippen LogP) is 1.08. The maximum absolute atomic E-state index is 11.4. The lowest BCUT2D eigenvalue weighted by Crippen LogP contribution is -2.46. The van der Waals surface area contributed by atoms with E-state index in [1.165, 1.54) is 0 Å². The van der Waals surface area contributed by atoms with Gasteiger partial charge in [0, 0.05) is 31.3 Å². The number of pyridine rings is 1. The molecule has 2 aromatic rings. The Kier molecular flexibility index (Phi) is 2.59. The molecule has 0 atom stereocenters. The van der Waals surface area contributed by atoms with Crippen molar-refractivity contribution in [2.24, 2.45) is 0 Å². The molecule has 1 aliphatic heterocycles. The Bertz CT molecular complexity index is 602. The Morgan fingerprint density at radius 3 is 2.89 bits per heavy atom. The summed E-state index contributed by atoms with van der Waals surface area (Å²) in [6.45, 7) is 3.54. The van der Waals surface area contributed by atoms with E-state index >= 15 is 0 Å². The van der Waals surface area contributed by atoms with Gasteiger partial charge in [0.1, 0.15) is 11.6 Å². The van der Waals surface area contributed by atoms with Crippen LogP contribution in [-0.4, -0.2) is 28.0 Å². The van der Waals surface area contributed by atoms with Crippen molar-refractivity contribution in [3.8, 4) is 0 Å². The molecule has 0 bridgehead atoms. The molecule has 5 nitrogen and oxygen atoms in total. The van der Waals surface area contributed by atoms with E-state index in [1.54, 1.807) is 19.2 Å². The van der Waals surface area contributed by atoms with Crippen molar-refractivity contribution in [2.75, 3.05) is 18.0 Å². The minimum Gasteiger partial charge on any atom is -0.355 e. The Morgan fingerprint density at radius 2 is 2.22 bits per heavy atom. The van der Waals surface area contributed by atoms with Crippen molar-refractivity contribution in [1.82, 2.24) is 15.0 Å². The second kappa shape index (κ2) is 4.25.